The van der Waals surface area contributed by atoms with E-state index in [-0.39, 0.29) is 5.92 Å². The standard InChI is InChI=1S/C13H19F2N/c1-9(2)16-7-6-10(3)12-5-4-11(14)8-13(12)15/h4-5,8-10,16H,6-7H2,1-3H3. The molecule has 0 aliphatic carbocycles. The van der Waals surface area contributed by atoms with Gasteiger partial charge in [0.1, 0.15) is 11.6 Å². The minimum absolute atomic E-state index is 0.104. The number of halogens is 2. The highest BCUT2D eigenvalue weighted by molar-refractivity contribution is 5.22. The Labute approximate surface area is 95.9 Å². The van der Waals surface area contributed by atoms with E-state index in [1.807, 2.05) is 6.92 Å². The molecule has 0 saturated heterocycles. The lowest BCUT2D eigenvalue weighted by Gasteiger charge is -2.14. The van der Waals surface area contributed by atoms with Crippen molar-refractivity contribution in [2.75, 3.05) is 6.54 Å². The molecular weight excluding hydrogens is 208 g/mol. The molecule has 0 radical (unpaired) electrons. The second kappa shape index (κ2) is 5.94. The van der Waals surface area contributed by atoms with Gasteiger partial charge in [0.25, 0.3) is 0 Å². The molecular formula is C13H19F2N. The van der Waals surface area contributed by atoms with Gasteiger partial charge in [-0.3, -0.25) is 0 Å². The molecule has 90 valence electrons. The Morgan fingerprint density at radius 3 is 2.44 bits per heavy atom. The van der Waals surface area contributed by atoms with Crippen molar-refractivity contribution in [3.05, 3.63) is 35.4 Å². The van der Waals surface area contributed by atoms with Gasteiger partial charge in [0, 0.05) is 12.1 Å². The van der Waals surface area contributed by atoms with Crippen LogP contribution in [0.3, 0.4) is 0 Å². The van der Waals surface area contributed by atoms with Gasteiger partial charge in [0.2, 0.25) is 0 Å². The molecule has 0 spiro atoms. The molecule has 0 aliphatic heterocycles. The highest BCUT2D eigenvalue weighted by atomic mass is 19.1. The van der Waals surface area contributed by atoms with Crippen LogP contribution < -0.4 is 5.32 Å². The van der Waals surface area contributed by atoms with E-state index in [4.69, 9.17) is 0 Å². The zero-order chi connectivity index (χ0) is 12.1. The maximum Gasteiger partial charge on any atom is 0.129 e. The first-order valence-corrected chi connectivity index (χ1v) is 5.69. The van der Waals surface area contributed by atoms with Gasteiger partial charge in [-0.2, -0.15) is 0 Å². The Kier molecular flexibility index (Phi) is 4.87. The largest absolute Gasteiger partial charge is 0.315 e. The highest BCUT2D eigenvalue weighted by Crippen LogP contribution is 2.22. The summed E-state index contributed by atoms with van der Waals surface area (Å²) in [5.41, 5.74) is 0.590. The predicted molar refractivity (Wildman–Crippen MR) is 62.5 cm³/mol. The Morgan fingerprint density at radius 1 is 1.19 bits per heavy atom. The number of benzene rings is 1. The van der Waals surface area contributed by atoms with Crippen LogP contribution in [0.4, 0.5) is 8.78 Å². The van der Waals surface area contributed by atoms with E-state index in [1.54, 1.807) is 0 Å². The van der Waals surface area contributed by atoms with Gasteiger partial charge in [-0.1, -0.05) is 26.8 Å². The van der Waals surface area contributed by atoms with Crippen LogP contribution in [0.25, 0.3) is 0 Å². The monoisotopic (exact) mass is 227 g/mol. The molecule has 16 heavy (non-hydrogen) atoms. The third kappa shape index (κ3) is 3.89. The van der Waals surface area contributed by atoms with Gasteiger partial charge in [-0.15, -0.1) is 0 Å². The predicted octanol–water partition coefficient (Wildman–Crippen LogP) is 3.46. The summed E-state index contributed by atoms with van der Waals surface area (Å²) in [4.78, 5) is 0. The Hall–Kier alpha value is -0.960. The molecule has 1 N–H and O–H groups in total. The van der Waals surface area contributed by atoms with Crippen LogP contribution in [-0.4, -0.2) is 12.6 Å². The molecule has 1 aromatic rings. The van der Waals surface area contributed by atoms with Gasteiger partial charge >= 0.3 is 0 Å². The molecule has 1 atom stereocenters. The van der Waals surface area contributed by atoms with E-state index in [1.165, 1.54) is 12.1 Å². The van der Waals surface area contributed by atoms with Crippen LogP contribution in [0.15, 0.2) is 18.2 Å². The SMILES string of the molecule is CC(C)NCCC(C)c1ccc(F)cc1F. The Balaban J connectivity index is 2.55. The van der Waals surface area contributed by atoms with Crippen LogP contribution in [-0.2, 0) is 0 Å². The topological polar surface area (TPSA) is 12.0 Å². The van der Waals surface area contributed by atoms with Crippen LogP contribution >= 0.6 is 0 Å². The fourth-order valence-corrected chi connectivity index (χ4v) is 1.65. The summed E-state index contributed by atoms with van der Waals surface area (Å²) in [6.07, 6.45) is 0.848. The second-order valence-electron chi connectivity index (χ2n) is 4.46. The van der Waals surface area contributed by atoms with Crippen molar-refractivity contribution >= 4 is 0 Å². The summed E-state index contributed by atoms with van der Waals surface area (Å²) >= 11 is 0. The van der Waals surface area contributed by atoms with Crippen LogP contribution in [0, 0.1) is 11.6 Å². The van der Waals surface area contributed by atoms with Crippen molar-refractivity contribution in [2.45, 2.75) is 39.2 Å². The van der Waals surface area contributed by atoms with E-state index < -0.39 is 11.6 Å². The lowest BCUT2D eigenvalue weighted by Crippen LogP contribution is -2.24. The van der Waals surface area contributed by atoms with Crippen molar-refractivity contribution in [3.8, 4) is 0 Å². The first-order chi connectivity index (χ1) is 7.50. The van der Waals surface area contributed by atoms with Crippen molar-refractivity contribution in [1.29, 1.82) is 0 Å². The van der Waals surface area contributed by atoms with Gasteiger partial charge in [0.15, 0.2) is 0 Å². The highest BCUT2D eigenvalue weighted by Gasteiger charge is 2.11. The molecule has 0 saturated carbocycles. The first kappa shape index (κ1) is 13.1. The Morgan fingerprint density at radius 2 is 1.88 bits per heavy atom. The fraction of sp³-hybridized carbons (Fsp3) is 0.538. The van der Waals surface area contributed by atoms with Gasteiger partial charge < -0.3 is 5.32 Å². The quantitative estimate of drug-likeness (QED) is 0.812. The van der Waals surface area contributed by atoms with Crippen molar-refractivity contribution in [3.63, 3.8) is 0 Å². The maximum absolute atomic E-state index is 13.4. The minimum Gasteiger partial charge on any atom is -0.315 e. The molecule has 0 heterocycles. The molecule has 0 amide bonds. The van der Waals surface area contributed by atoms with E-state index in [0.29, 0.717) is 11.6 Å². The normalized spacial score (nSPS) is 13.1. The lowest BCUT2D eigenvalue weighted by molar-refractivity contribution is 0.518. The molecule has 0 aromatic heterocycles. The summed E-state index contributed by atoms with van der Waals surface area (Å²) in [6, 6.07) is 4.22. The summed E-state index contributed by atoms with van der Waals surface area (Å²) in [7, 11) is 0. The molecule has 1 rings (SSSR count). The van der Waals surface area contributed by atoms with E-state index >= 15 is 0 Å². The molecule has 0 aliphatic rings. The summed E-state index contributed by atoms with van der Waals surface area (Å²) in [5.74, 6) is -0.863. The maximum atomic E-state index is 13.4. The summed E-state index contributed by atoms with van der Waals surface area (Å²) < 4.78 is 26.1. The van der Waals surface area contributed by atoms with Crippen LogP contribution in [0.2, 0.25) is 0 Å². The molecule has 1 nitrogen and oxygen atoms in total. The van der Waals surface area contributed by atoms with Gasteiger partial charge in [0.05, 0.1) is 0 Å². The van der Waals surface area contributed by atoms with E-state index in [2.05, 4.69) is 19.2 Å². The third-order valence-electron chi connectivity index (χ3n) is 2.62. The zero-order valence-corrected chi connectivity index (χ0v) is 10.1. The number of rotatable bonds is 5. The lowest BCUT2D eigenvalue weighted by atomic mass is 9.97. The van der Waals surface area contributed by atoms with Crippen molar-refractivity contribution in [1.82, 2.24) is 5.32 Å². The number of nitrogens with one attached hydrogen (secondary N) is 1. The van der Waals surface area contributed by atoms with E-state index in [0.717, 1.165) is 19.0 Å². The van der Waals surface area contributed by atoms with Crippen molar-refractivity contribution in [2.24, 2.45) is 0 Å². The molecule has 1 unspecified atom stereocenters. The van der Waals surface area contributed by atoms with E-state index in [9.17, 15) is 8.78 Å². The fourth-order valence-electron chi connectivity index (χ4n) is 1.65. The molecule has 0 bridgehead atoms. The second-order valence-corrected chi connectivity index (χ2v) is 4.46. The average molecular weight is 227 g/mol. The zero-order valence-electron chi connectivity index (χ0n) is 10.1. The minimum atomic E-state index is -0.520. The number of hydrogen-bond acceptors (Lipinski definition) is 1. The average Bonchev–Trinajstić information content (AvgIpc) is 2.16. The first-order valence-electron chi connectivity index (χ1n) is 5.69. The third-order valence-corrected chi connectivity index (χ3v) is 2.62. The van der Waals surface area contributed by atoms with Crippen LogP contribution in [0.5, 0.6) is 0 Å². The van der Waals surface area contributed by atoms with Crippen LogP contribution in [0.1, 0.15) is 38.7 Å². The number of hydrogen-bond donors (Lipinski definition) is 1. The Bertz CT molecular complexity index is 337. The van der Waals surface area contributed by atoms with Gasteiger partial charge in [-0.25, -0.2) is 8.78 Å². The summed E-state index contributed by atoms with van der Waals surface area (Å²) in [6.45, 7) is 6.94. The summed E-state index contributed by atoms with van der Waals surface area (Å²) in [5, 5.41) is 3.28. The smallest absolute Gasteiger partial charge is 0.129 e. The van der Waals surface area contributed by atoms with Crippen molar-refractivity contribution < 1.29 is 8.78 Å². The molecule has 3 heteroatoms. The molecule has 0 fully saturated rings. The molecule has 1 aromatic carbocycles. The van der Waals surface area contributed by atoms with Gasteiger partial charge in [-0.05, 0) is 30.5 Å².